The second kappa shape index (κ2) is 8.88. The van der Waals surface area contributed by atoms with Gasteiger partial charge in [0.05, 0.1) is 31.4 Å². The van der Waals surface area contributed by atoms with Crippen LogP contribution in [0.3, 0.4) is 0 Å². The normalized spacial score (nSPS) is 18.1. The van der Waals surface area contributed by atoms with Crippen LogP contribution < -0.4 is 23.8 Å². The SMILES string of the molecule is COc1ccc(/C(O)=C2\C(=O)C(=O)N(c3ccc4c(c3)OCO4)C2c2ccc(Cl)cc2)c(OC)c1. The van der Waals surface area contributed by atoms with E-state index >= 15 is 0 Å². The fourth-order valence-electron chi connectivity index (χ4n) is 4.23. The number of ether oxygens (including phenoxy) is 4. The molecule has 0 bridgehead atoms. The molecule has 0 aromatic heterocycles. The summed E-state index contributed by atoms with van der Waals surface area (Å²) in [6.07, 6.45) is 0. The minimum Gasteiger partial charge on any atom is -0.507 e. The highest BCUT2D eigenvalue weighted by atomic mass is 35.5. The van der Waals surface area contributed by atoms with Gasteiger partial charge in [-0.2, -0.15) is 0 Å². The lowest BCUT2D eigenvalue weighted by Gasteiger charge is -2.25. The molecule has 0 aliphatic carbocycles. The third kappa shape index (κ3) is 3.81. The van der Waals surface area contributed by atoms with Crippen LogP contribution in [0.25, 0.3) is 5.76 Å². The van der Waals surface area contributed by atoms with Crippen LogP contribution in [0, 0.1) is 0 Å². The number of rotatable bonds is 5. The van der Waals surface area contributed by atoms with Gasteiger partial charge in [-0.1, -0.05) is 23.7 Å². The van der Waals surface area contributed by atoms with Gasteiger partial charge < -0.3 is 24.1 Å². The first kappa shape index (κ1) is 22.6. The van der Waals surface area contributed by atoms with E-state index in [1.807, 2.05) is 0 Å². The number of nitrogens with zero attached hydrogens (tertiary/aromatic N) is 1. The van der Waals surface area contributed by atoms with Gasteiger partial charge in [-0.3, -0.25) is 14.5 Å². The second-order valence-corrected chi connectivity index (χ2v) is 8.26. The molecule has 1 saturated heterocycles. The van der Waals surface area contributed by atoms with Crippen LogP contribution in [0.2, 0.25) is 5.02 Å². The van der Waals surface area contributed by atoms with Crippen molar-refractivity contribution in [3.05, 3.63) is 82.4 Å². The first-order valence-corrected chi connectivity index (χ1v) is 11.0. The first-order chi connectivity index (χ1) is 16.9. The highest BCUT2D eigenvalue weighted by molar-refractivity contribution is 6.51. The summed E-state index contributed by atoms with van der Waals surface area (Å²) in [6, 6.07) is 15.5. The van der Waals surface area contributed by atoms with Crippen LogP contribution >= 0.6 is 11.6 Å². The van der Waals surface area contributed by atoms with Crippen molar-refractivity contribution >= 4 is 34.7 Å². The standard InChI is InChI=1S/C26H20ClNO7/c1-32-17-8-9-18(20(12-17)33-2)24(29)22-23(14-3-5-15(27)6-4-14)28(26(31)25(22)30)16-7-10-19-21(11-16)35-13-34-19/h3-12,23,29H,13H2,1-2H3/b24-22+. The number of carbonyl (C=O) groups is 2. The molecule has 3 aromatic carbocycles. The number of carbonyl (C=O) groups excluding carboxylic acids is 2. The summed E-state index contributed by atoms with van der Waals surface area (Å²) in [4.78, 5) is 28.0. The Morgan fingerprint density at radius 2 is 1.71 bits per heavy atom. The zero-order valence-electron chi connectivity index (χ0n) is 18.8. The number of methoxy groups -OCH3 is 2. The zero-order valence-corrected chi connectivity index (χ0v) is 19.5. The number of anilines is 1. The molecule has 2 aliphatic rings. The van der Waals surface area contributed by atoms with Crippen LogP contribution in [0.1, 0.15) is 17.2 Å². The quantitative estimate of drug-likeness (QED) is 0.312. The van der Waals surface area contributed by atoms with Crippen molar-refractivity contribution in [2.24, 2.45) is 0 Å². The summed E-state index contributed by atoms with van der Waals surface area (Å²) in [5.74, 6) is -0.214. The molecule has 1 atom stereocenters. The Kier molecular flexibility index (Phi) is 5.74. The third-order valence-electron chi connectivity index (χ3n) is 5.93. The minimum absolute atomic E-state index is 0.0650. The predicted molar refractivity (Wildman–Crippen MR) is 128 cm³/mol. The molecule has 8 nitrogen and oxygen atoms in total. The van der Waals surface area contributed by atoms with E-state index in [1.54, 1.807) is 60.7 Å². The number of aliphatic hydroxyl groups excluding tert-OH is 1. The van der Waals surface area contributed by atoms with Gasteiger partial charge in [0.1, 0.15) is 17.3 Å². The second-order valence-electron chi connectivity index (χ2n) is 7.82. The molecule has 1 amide bonds. The summed E-state index contributed by atoms with van der Waals surface area (Å²) in [7, 11) is 2.94. The molecule has 0 saturated carbocycles. The lowest BCUT2D eigenvalue weighted by Crippen LogP contribution is -2.29. The van der Waals surface area contributed by atoms with Crippen molar-refractivity contribution in [1.82, 2.24) is 0 Å². The van der Waals surface area contributed by atoms with Crippen LogP contribution in [-0.2, 0) is 9.59 Å². The Morgan fingerprint density at radius 3 is 2.43 bits per heavy atom. The van der Waals surface area contributed by atoms with Gasteiger partial charge in [-0.15, -0.1) is 0 Å². The number of fused-ring (bicyclic) bond motifs is 1. The number of hydrogen-bond donors (Lipinski definition) is 1. The molecule has 35 heavy (non-hydrogen) atoms. The maximum absolute atomic E-state index is 13.4. The molecule has 1 unspecified atom stereocenters. The monoisotopic (exact) mass is 493 g/mol. The van der Waals surface area contributed by atoms with Crippen LogP contribution in [0.4, 0.5) is 5.69 Å². The van der Waals surface area contributed by atoms with E-state index in [1.165, 1.54) is 19.1 Å². The number of amides is 1. The number of hydrogen-bond acceptors (Lipinski definition) is 7. The lowest BCUT2D eigenvalue weighted by molar-refractivity contribution is -0.132. The third-order valence-corrected chi connectivity index (χ3v) is 6.18. The van der Waals surface area contributed by atoms with Gasteiger partial charge in [0.25, 0.3) is 11.7 Å². The number of benzene rings is 3. The Morgan fingerprint density at radius 1 is 0.971 bits per heavy atom. The Labute approximate surface area is 205 Å². The molecular weight excluding hydrogens is 474 g/mol. The van der Waals surface area contributed by atoms with Crippen molar-refractivity contribution in [3.63, 3.8) is 0 Å². The first-order valence-electron chi connectivity index (χ1n) is 10.6. The Bertz CT molecular complexity index is 1370. The number of aliphatic hydroxyl groups is 1. The summed E-state index contributed by atoms with van der Waals surface area (Å²) < 4.78 is 21.5. The van der Waals surface area contributed by atoms with Crippen LogP contribution in [0.5, 0.6) is 23.0 Å². The molecule has 1 fully saturated rings. The molecule has 178 valence electrons. The van der Waals surface area contributed by atoms with E-state index in [2.05, 4.69) is 0 Å². The molecule has 0 spiro atoms. The maximum atomic E-state index is 13.4. The molecule has 2 heterocycles. The highest BCUT2D eigenvalue weighted by Gasteiger charge is 2.47. The van der Waals surface area contributed by atoms with E-state index < -0.39 is 17.7 Å². The van der Waals surface area contributed by atoms with Crippen molar-refractivity contribution in [2.75, 3.05) is 25.9 Å². The largest absolute Gasteiger partial charge is 0.507 e. The summed E-state index contributed by atoms with van der Waals surface area (Å²) in [5, 5.41) is 11.9. The van der Waals surface area contributed by atoms with Crippen molar-refractivity contribution in [1.29, 1.82) is 0 Å². The number of halogens is 1. The maximum Gasteiger partial charge on any atom is 0.300 e. The van der Waals surface area contributed by atoms with E-state index in [0.29, 0.717) is 33.5 Å². The van der Waals surface area contributed by atoms with Gasteiger partial charge in [0.15, 0.2) is 11.5 Å². The topological polar surface area (TPSA) is 94.5 Å². The Balaban J connectivity index is 1.71. The van der Waals surface area contributed by atoms with Gasteiger partial charge in [-0.25, -0.2) is 0 Å². The van der Waals surface area contributed by atoms with Gasteiger partial charge in [0.2, 0.25) is 6.79 Å². The average molecular weight is 494 g/mol. The number of ketones is 1. The summed E-state index contributed by atoms with van der Waals surface area (Å²) in [5.41, 5.74) is 1.16. The predicted octanol–water partition coefficient (Wildman–Crippen LogP) is 4.71. The highest BCUT2D eigenvalue weighted by Crippen LogP contribution is 2.46. The van der Waals surface area contributed by atoms with E-state index in [-0.39, 0.29) is 29.4 Å². The molecule has 1 N–H and O–H groups in total. The van der Waals surface area contributed by atoms with Gasteiger partial charge in [0, 0.05) is 22.8 Å². The van der Waals surface area contributed by atoms with Crippen LogP contribution in [0.15, 0.2) is 66.2 Å². The fraction of sp³-hybridized carbons (Fsp3) is 0.154. The molecule has 5 rings (SSSR count). The van der Waals surface area contributed by atoms with Gasteiger partial charge >= 0.3 is 0 Å². The fourth-order valence-corrected chi connectivity index (χ4v) is 4.36. The number of Topliss-reactive ketones (excluding diaryl/α,β-unsaturated/α-hetero) is 1. The molecular formula is C26H20ClNO7. The lowest BCUT2D eigenvalue weighted by atomic mass is 9.94. The molecule has 3 aromatic rings. The molecule has 9 heteroatoms. The average Bonchev–Trinajstić information content (AvgIpc) is 3.45. The molecule has 2 aliphatic heterocycles. The van der Waals surface area contributed by atoms with Crippen molar-refractivity contribution in [3.8, 4) is 23.0 Å². The van der Waals surface area contributed by atoms with Gasteiger partial charge in [-0.05, 0) is 42.0 Å². The van der Waals surface area contributed by atoms with E-state index in [0.717, 1.165) is 0 Å². The summed E-state index contributed by atoms with van der Waals surface area (Å²) in [6.45, 7) is 0.0650. The van der Waals surface area contributed by atoms with Crippen LogP contribution in [-0.4, -0.2) is 37.8 Å². The Hall–Kier alpha value is -4.17. The molecule has 0 radical (unpaired) electrons. The van der Waals surface area contributed by atoms with Crippen molar-refractivity contribution in [2.45, 2.75) is 6.04 Å². The van der Waals surface area contributed by atoms with Crippen molar-refractivity contribution < 1.29 is 33.6 Å². The smallest absolute Gasteiger partial charge is 0.300 e. The summed E-state index contributed by atoms with van der Waals surface area (Å²) >= 11 is 6.09. The zero-order chi connectivity index (χ0) is 24.7. The van der Waals surface area contributed by atoms with E-state index in [4.69, 9.17) is 30.5 Å². The van der Waals surface area contributed by atoms with E-state index in [9.17, 15) is 14.7 Å². The minimum atomic E-state index is -0.931.